The molecule has 0 bridgehead atoms. The number of hydrogen-bond donors (Lipinski definition) is 1. The van der Waals surface area contributed by atoms with E-state index in [4.69, 9.17) is 14.2 Å². The minimum Gasteiger partial charge on any atom is -0.497 e. The van der Waals surface area contributed by atoms with E-state index in [0.29, 0.717) is 42.8 Å². The van der Waals surface area contributed by atoms with Crippen molar-refractivity contribution in [2.75, 3.05) is 13.7 Å². The number of allylic oxidation sites excluding steroid dienone is 1. The Bertz CT molecular complexity index is 1310. The van der Waals surface area contributed by atoms with Gasteiger partial charge in [0.2, 0.25) is 0 Å². The van der Waals surface area contributed by atoms with Gasteiger partial charge in [0, 0.05) is 5.56 Å². The predicted molar refractivity (Wildman–Crippen MR) is 151 cm³/mol. The van der Waals surface area contributed by atoms with E-state index in [1.54, 1.807) is 19.2 Å². The fourth-order valence-corrected chi connectivity index (χ4v) is 4.68. The lowest BCUT2D eigenvalue weighted by atomic mass is 9.90. The lowest BCUT2D eigenvalue weighted by Gasteiger charge is -2.17. The molecule has 206 valence electrons. The summed E-state index contributed by atoms with van der Waals surface area (Å²) in [5.74, 6) is 0.786. The third kappa shape index (κ3) is 8.42. The predicted octanol–water partition coefficient (Wildman–Crippen LogP) is 7.92. The molecule has 1 aliphatic rings. The fourth-order valence-electron chi connectivity index (χ4n) is 4.68. The Morgan fingerprint density at radius 1 is 1.03 bits per heavy atom. The molecule has 3 aromatic rings. The summed E-state index contributed by atoms with van der Waals surface area (Å²) in [4.78, 5) is 11.5. The largest absolute Gasteiger partial charge is 0.497 e. The van der Waals surface area contributed by atoms with Crippen LogP contribution in [0.2, 0.25) is 0 Å². The summed E-state index contributed by atoms with van der Waals surface area (Å²) in [6.45, 7) is 5.13. The highest BCUT2D eigenvalue weighted by Gasteiger charge is 2.27. The topological polar surface area (TPSA) is 65.0 Å². The number of rotatable bonds is 14. The van der Waals surface area contributed by atoms with Gasteiger partial charge in [-0.3, -0.25) is 4.79 Å². The van der Waals surface area contributed by atoms with E-state index in [1.807, 2.05) is 62.4 Å². The number of ether oxygens (including phenoxy) is 3. The Balaban J connectivity index is 1.53. The van der Waals surface area contributed by atoms with Gasteiger partial charge < -0.3 is 19.3 Å². The summed E-state index contributed by atoms with van der Waals surface area (Å²) < 4.78 is 32.2. The van der Waals surface area contributed by atoms with Crippen molar-refractivity contribution >= 4 is 5.97 Å². The molecular formula is C33H37FO5. The van der Waals surface area contributed by atoms with Crippen LogP contribution in [0.4, 0.5) is 4.39 Å². The van der Waals surface area contributed by atoms with Gasteiger partial charge in [0.15, 0.2) is 0 Å². The SMILES string of the molecule is COc1ccc(F)c(-c2ccc(COc3cccc([C@H](CC(=O)O)CC4CC4)c3)cc2COCC=C(C)C)c1. The highest BCUT2D eigenvalue weighted by atomic mass is 19.1. The van der Waals surface area contributed by atoms with Crippen LogP contribution in [0.5, 0.6) is 11.5 Å². The maximum atomic E-state index is 14.8. The smallest absolute Gasteiger partial charge is 0.303 e. The molecule has 1 N–H and O–H groups in total. The molecule has 1 saturated carbocycles. The molecule has 1 aliphatic carbocycles. The zero-order chi connectivity index (χ0) is 27.8. The molecule has 6 heteroatoms. The van der Waals surface area contributed by atoms with Crippen molar-refractivity contribution in [1.29, 1.82) is 0 Å². The molecule has 0 aliphatic heterocycles. The minimum atomic E-state index is -0.779. The fraction of sp³-hybridized carbons (Fsp3) is 0.364. The molecule has 0 spiro atoms. The monoisotopic (exact) mass is 532 g/mol. The van der Waals surface area contributed by atoms with Crippen LogP contribution in [-0.4, -0.2) is 24.8 Å². The van der Waals surface area contributed by atoms with Gasteiger partial charge in [-0.2, -0.15) is 0 Å². The first kappa shape index (κ1) is 28.4. The molecule has 0 aromatic heterocycles. The lowest BCUT2D eigenvalue weighted by Crippen LogP contribution is -2.08. The summed E-state index contributed by atoms with van der Waals surface area (Å²) in [5.41, 5.74) is 5.14. The average Bonchev–Trinajstić information content (AvgIpc) is 3.74. The second kappa shape index (κ2) is 13.4. The zero-order valence-electron chi connectivity index (χ0n) is 22.9. The summed E-state index contributed by atoms with van der Waals surface area (Å²) >= 11 is 0. The molecule has 0 heterocycles. The number of benzene rings is 3. The summed E-state index contributed by atoms with van der Waals surface area (Å²) in [6, 6.07) is 18.3. The van der Waals surface area contributed by atoms with E-state index >= 15 is 0 Å². The Kier molecular flexibility index (Phi) is 9.77. The molecule has 3 aromatic carbocycles. The van der Waals surface area contributed by atoms with Crippen LogP contribution in [0, 0.1) is 11.7 Å². The first-order valence-electron chi connectivity index (χ1n) is 13.4. The molecule has 0 saturated heterocycles. The number of hydrogen-bond acceptors (Lipinski definition) is 4. The number of carboxylic acids is 1. The van der Waals surface area contributed by atoms with Crippen LogP contribution >= 0.6 is 0 Å². The molecule has 4 rings (SSSR count). The van der Waals surface area contributed by atoms with Gasteiger partial charge in [0.1, 0.15) is 23.9 Å². The van der Waals surface area contributed by atoms with Crippen LogP contribution in [0.25, 0.3) is 11.1 Å². The normalized spacial score (nSPS) is 13.5. The maximum Gasteiger partial charge on any atom is 0.303 e. The van der Waals surface area contributed by atoms with E-state index in [2.05, 4.69) is 0 Å². The number of halogens is 1. The average molecular weight is 533 g/mol. The molecule has 0 radical (unpaired) electrons. The third-order valence-electron chi connectivity index (χ3n) is 6.97. The minimum absolute atomic E-state index is 0.0137. The van der Waals surface area contributed by atoms with Gasteiger partial charge in [-0.05, 0) is 90.8 Å². The summed E-state index contributed by atoms with van der Waals surface area (Å²) in [5, 5.41) is 9.41. The number of methoxy groups -OCH3 is 1. The van der Waals surface area contributed by atoms with E-state index in [-0.39, 0.29) is 18.2 Å². The first-order valence-corrected chi connectivity index (χ1v) is 13.4. The number of aliphatic carboxylic acids is 1. The summed E-state index contributed by atoms with van der Waals surface area (Å²) in [6.07, 6.45) is 5.39. The lowest BCUT2D eigenvalue weighted by molar-refractivity contribution is -0.137. The van der Waals surface area contributed by atoms with Crippen molar-refractivity contribution in [3.8, 4) is 22.6 Å². The number of carbonyl (C=O) groups is 1. The van der Waals surface area contributed by atoms with Crippen LogP contribution in [-0.2, 0) is 22.7 Å². The van der Waals surface area contributed by atoms with Gasteiger partial charge in [-0.25, -0.2) is 4.39 Å². The van der Waals surface area contributed by atoms with Crippen LogP contribution < -0.4 is 9.47 Å². The highest BCUT2D eigenvalue weighted by Crippen LogP contribution is 2.40. The van der Waals surface area contributed by atoms with Crippen LogP contribution in [0.15, 0.2) is 72.3 Å². The van der Waals surface area contributed by atoms with Gasteiger partial charge in [-0.1, -0.05) is 48.8 Å². The second-order valence-corrected chi connectivity index (χ2v) is 10.5. The molecule has 0 amide bonds. The molecule has 5 nitrogen and oxygen atoms in total. The Morgan fingerprint density at radius 2 is 1.85 bits per heavy atom. The molecule has 1 atom stereocenters. The van der Waals surface area contributed by atoms with Crippen molar-refractivity contribution in [2.45, 2.75) is 58.7 Å². The van der Waals surface area contributed by atoms with Crippen molar-refractivity contribution in [3.63, 3.8) is 0 Å². The highest BCUT2D eigenvalue weighted by molar-refractivity contribution is 5.70. The maximum absolute atomic E-state index is 14.8. The van der Waals surface area contributed by atoms with Gasteiger partial charge in [0.25, 0.3) is 0 Å². The van der Waals surface area contributed by atoms with Crippen molar-refractivity contribution in [1.82, 2.24) is 0 Å². The van der Waals surface area contributed by atoms with Crippen molar-refractivity contribution in [3.05, 3.63) is 94.8 Å². The zero-order valence-corrected chi connectivity index (χ0v) is 22.9. The van der Waals surface area contributed by atoms with Crippen molar-refractivity contribution < 1.29 is 28.5 Å². The van der Waals surface area contributed by atoms with E-state index < -0.39 is 5.97 Å². The van der Waals surface area contributed by atoms with E-state index in [1.165, 1.54) is 24.5 Å². The van der Waals surface area contributed by atoms with Gasteiger partial charge in [-0.15, -0.1) is 0 Å². The van der Waals surface area contributed by atoms with E-state index in [9.17, 15) is 14.3 Å². The quantitative estimate of drug-likeness (QED) is 0.169. The van der Waals surface area contributed by atoms with Gasteiger partial charge >= 0.3 is 5.97 Å². The summed E-state index contributed by atoms with van der Waals surface area (Å²) in [7, 11) is 1.56. The van der Waals surface area contributed by atoms with Gasteiger partial charge in [0.05, 0.1) is 26.7 Å². The Hall–Kier alpha value is -3.64. The van der Waals surface area contributed by atoms with Crippen molar-refractivity contribution in [2.24, 2.45) is 5.92 Å². The number of carboxylic acid groups (broad SMARTS) is 1. The molecular weight excluding hydrogens is 495 g/mol. The molecule has 1 fully saturated rings. The van der Waals surface area contributed by atoms with Crippen LogP contribution in [0.1, 0.15) is 62.1 Å². The Morgan fingerprint density at radius 3 is 2.56 bits per heavy atom. The standard InChI is InChI=1S/C33H37FO5/c1-22(2)13-14-38-21-27-16-24(9-11-30(27)31-19-28(37-3)10-12-32(31)34)20-39-29-6-4-5-25(17-29)26(18-33(35)36)15-23-7-8-23/h4-6,9-13,16-17,19,23,26H,7-8,14-15,18,20-21H2,1-3H3,(H,35,36)/t26-/m0/s1. The third-order valence-corrected chi connectivity index (χ3v) is 6.97. The second-order valence-electron chi connectivity index (χ2n) is 10.5. The Labute approximate surface area is 230 Å². The van der Waals surface area contributed by atoms with Crippen LogP contribution in [0.3, 0.4) is 0 Å². The first-order chi connectivity index (χ1) is 18.8. The molecule has 39 heavy (non-hydrogen) atoms. The molecule has 0 unspecified atom stereocenters. The van der Waals surface area contributed by atoms with E-state index in [0.717, 1.165) is 28.7 Å².